The summed E-state index contributed by atoms with van der Waals surface area (Å²) in [7, 11) is 0. The SMILES string of the molecule is C[C@@H]1C[C@H]1NC1COC2(CCNCC2)C1. The topological polar surface area (TPSA) is 33.3 Å². The van der Waals surface area contributed by atoms with Crippen LogP contribution >= 0.6 is 0 Å². The molecule has 2 saturated heterocycles. The molecule has 0 aromatic carbocycles. The lowest BCUT2D eigenvalue weighted by Gasteiger charge is -2.32. The summed E-state index contributed by atoms with van der Waals surface area (Å²) in [6.45, 7) is 5.52. The minimum atomic E-state index is 0.223. The number of rotatable bonds is 2. The first kappa shape index (κ1) is 10.1. The van der Waals surface area contributed by atoms with Gasteiger partial charge in [0.15, 0.2) is 0 Å². The molecule has 0 aromatic heterocycles. The first-order valence-corrected chi connectivity index (χ1v) is 6.38. The molecule has 86 valence electrons. The largest absolute Gasteiger partial charge is 0.373 e. The Bertz CT molecular complexity index is 238. The Labute approximate surface area is 91.9 Å². The van der Waals surface area contributed by atoms with Gasteiger partial charge in [0.25, 0.3) is 0 Å². The van der Waals surface area contributed by atoms with Crippen molar-refractivity contribution in [2.45, 2.75) is 50.3 Å². The first-order chi connectivity index (χ1) is 7.27. The van der Waals surface area contributed by atoms with Crippen molar-refractivity contribution in [3.63, 3.8) is 0 Å². The van der Waals surface area contributed by atoms with Crippen LogP contribution in [0.3, 0.4) is 0 Å². The fourth-order valence-electron chi connectivity index (χ4n) is 3.04. The lowest BCUT2D eigenvalue weighted by Crippen LogP contribution is -2.42. The van der Waals surface area contributed by atoms with E-state index in [1.54, 1.807) is 0 Å². The third-order valence-electron chi connectivity index (χ3n) is 4.28. The minimum absolute atomic E-state index is 0.223. The zero-order valence-corrected chi connectivity index (χ0v) is 9.59. The third-order valence-corrected chi connectivity index (χ3v) is 4.28. The van der Waals surface area contributed by atoms with Gasteiger partial charge in [0.1, 0.15) is 0 Å². The molecule has 1 spiro atoms. The van der Waals surface area contributed by atoms with E-state index in [0.717, 1.165) is 31.7 Å². The van der Waals surface area contributed by atoms with Crippen molar-refractivity contribution in [1.82, 2.24) is 10.6 Å². The normalized spacial score (nSPS) is 43.4. The smallest absolute Gasteiger partial charge is 0.0723 e. The van der Waals surface area contributed by atoms with Crippen molar-refractivity contribution in [2.24, 2.45) is 5.92 Å². The van der Waals surface area contributed by atoms with Crippen molar-refractivity contribution < 1.29 is 4.74 Å². The second-order valence-corrected chi connectivity index (χ2v) is 5.63. The highest BCUT2D eigenvalue weighted by Gasteiger charge is 2.43. The van der Waals surface area contributed by atoms with E-state index in [4.69, 9.17) is 4.74 Å². The third kappa shape index (κ3) is 2.05. The molecular weight excluding hydrogens is 188 g/mol. The Morgan fingerprint density at radius 2 is 2.07 bits per heavy atom. The molecule has 0 radical (unpaired) electrons. The maximum atomic E-state index is 6.06. The van der Waals surface area contributed by atoms with Gasteiger partial charge in [-0.25, -0.2) is 0 Å². The molecule has 1 saturated carbocycles. The van der Waals surface area contributed by atoms with Crippen LogP contribution in [0.1, 0.15) is 32.6 Å². The maximum Gasteiger partial charge on any atom is 0.0723 e. The quantitative estimate of drug-likeness (QED) is 0.710. The molecule has 15 heavy (non-hydrogen) atoms. The van der Waals surface area contributed by atoms with Gasteiger partial charge in [-0.2, -0.15) is 0 Å². The van der Waals surface area contributed by atoms with Gasteiger partial charge in [0, 0.05) is 12.1 Å². The van der Waals surface area contributed by atoms with Crippen LogP contribution < -0.4 is 10.6 Å². The molecule has 3 aliphatic rings. The Balaban J connectivity index is 1.53. The van der Waals surface area contributed by atoms with Gasteiger partial charge >= 0.3 is 0 Å². The van der Waals surface area contributed by atoms with Crippen LogP contribution in [-0.4, -0.2) is 37.4 Å². The Morgan fingerprint density at radius 1 is 1.33 bits per heavy atom. The van der Waals surface area contributed by atoms with E-state index in [1.807, 2.05) is 0 Å². The van der Waals surface area contributed by atoms with Crippen LogP contribution in [0.15, 0.2) is 0 Å². The summed E-state index contributed by atoms with van der Waals surface area (Å²) >= 11 is 0. The summed E-state index contributed by atoms with van der Waals surface area (Å²) in [5.74, 6) is 0.898. The highest BCUT2D eigenvalue weighted by Crippen LogP contribution is 2.36. The predicted molar refractivity (Wildman–Crippen MR) is 59.9 cm³/mol. The number of hydrogen-bond acceptors (Lipinski definition) is 3. The molecule has 0 bridgehead atoms. The highest BCUT2D eigenvalue weighted by molar-refractivity contribution is 4.99. The van der Waals surface area contributed by atoms with Crippen molar-refractivity contribution in [3.05, 3.63) is 0 Å². The molecule has 0 aromatic rings. The molecule has 1 aliphatic carbocycles. The highest BCUT2D eigenvalue weighted by atomic mass is 16.5. The van der Waals surface area contributed by atoms with E-state index in [2.05, 4.69) is 17.6 Å². The van der Waals surface area contributed by atoms with Gasteiger partial charge in [0.05, 0.1) is 12.2 Å². The Morgan fingerprint density at radius 3 is 2.73 bits per heavy atom. The van der Waals surface area contributed by atoms with Crippen LogP contribution in [-0.2, 0) is 4.74 Å². The van der Waals surface area contributed by atoms with Gasteiger partial charge < -0.3 is 15.4 Å². The second-order valence-electron chi connectivity index (χ2n) is 5.63. The summed E-state index contributed by atoms with van der Waals surface area (Å²) in [5.41, 5.74) is 0.223. The molecule has 3 atom stereocenters. The Hall–Kier alpha value is -0.120. The van der Waals surface area contributed by atoms with Gasteiger partial charge in [-0.05, 0) is 44.7 Å². The van der Waals surface area contributed by atoms with Crippen LogP contribution in [0.2, 0.25) is 0 Å². The van der Waals surface area contributed by atoms with Gasteiger partial charge in [-0.3, -0.25) is 0 Å². The molecule has 2 aliphatic heterocycles. The minimum Gasteiger partial charge on any atom is -0.373 e. The number of hydrogen-bond donors (Lipinski definition) is 2. The lowest BCUT2D eigenvalue weighted by atomic mass is 9.88. The molecule has 3 heteroatoms. The standard InChI is InChI=1S/C12H22N2O/c1-9-6-11(9)14-10-7-12(15-8-10)2-4-13-5-3-12/h9-11,13-14H,2-8H2,1H3/t9-,10?,11-/m1/s1. The average molecular weight is 210 g/mol. The number of nitrogens with one attached hydrogen (secondary N) is 2. The maximum absolute atomic E-state index is 6.06. The monoisotopic (exact) mass is 210 g/mol. The Kier molecular flexibility index (Phi) is 2.49. The molecule has 3 nitrogen and oxygen atoms in total. The van der Waals surface area contributed by atoms with Crippen molar-refractivity contribution in [3.8, 4) is 0 Å². The summed E-state index contributed by atoms with van der Waals surface area (Å²) in [4.78, 5) is 0. The van der Waals surface area contributed by atoms with E-state index in [9.17, 15) is 0 Å². The van der Waals surface area contributed by atoms with E-state index in [1.165, 1.54) is 25.7 Å². The number of ether oxygens (including phenoxy) is 1. The predicted octanol–water partition coefficient (Wildman–Crippen LogP) is 0.895. The fraction of sp³-hybridized carbons (Fsp3) is 1.00. The van der Waals surface area contributed by atoms with E-state index < -0.39 is 0 Å². The zero-order valence-electron chi connectivity index (χ0n) is 9.59. The molecule has 2 N–H and O–H groups in total. The molecule has 3 rings (SSSR count). The summed E-state index contributed by atoms with van der Waals surface area (Å²) in [6.07, 6.45) is 5.00. The summed E-state index contributed by atoms with van der Waals surface area (Å²) in [5, 5.41) is 7.14. The lowest BCUT2D eigenvalue weighted by molar-refractivity contribution is -0.0194. The zero-order chi connectivity index (χ0) is 10.3. The molecule has 2 heterocycles. The molecule has 3 fully saturated rings. The van der Waals surface area contributed by atoms with Crippen LogP contribution in [0.4, 0.5) is 0 Å². The van der Waals surface area contributed by atoms with Crippen molar-refractivity contribution in [2.75, 3.05) is 19.7 Å². The van der Waals surface area contributed by atoms with Crippen LogP contribution in [0.5, 0.6) is 0 Å². The number of piperidine rings is 1. The molecular formula is C12H22N2O. The molecule has 1 unspecified atom stereocenters. The van der Waals surface area contributed by atoms with Crippen LogP contribution in [0, 0.1) is 5.92 Å². The van der Waals surface area contributed by atoms with Crippen molar-refractivity contribution in [1.29, 1.82) is 0 Å². The molecule has 0 amide bonds. The summed E-state index contributed by atoms with van der Waals surface area (Å²) < 4.78 is 6.06. The average Bonchev–Trinajstić information content (AvgIpc) is 2.78. The van der Waals surface area contributed by atoms with Crippen LogP contribution in [0.25, 0.3) is 0 Å². The fourth-order valence-corrected chi connectivity index (χ4v) is 3.04. The second kappa shape index (κ2) is 3.72. The van der Waals surface area contributed by atoms with E-state index in [0.29, 0.717) is 6.04 Å². The van der Waals surface area contributed by atoms with Gasteiger partial charge in [0.2, 0.25) is 0 Å². The van der Waals surface area contributed by atoms with Gasteiger partial charge in [-0.1, -0.05) is 6.92 Å². The van der Waals surface area contributed by atoms with Gasteiger partial charge in [-0.15, -0.1) is 0 Å². The van der Waals surface area contributed by atoms with E-state index >= 15 is 0 Å². The first-order valence-electron chi connectivity index (χ1n) is 6.38. The van der Waals surface area contributed by atoms with Crippen molar-refractivity contribution >= 4 is 0 Å². The summed E-state index contributed by atoms with van der Waals surface area (Å²) in [6, 6.07) is 1.41. The van der Waals surface area contributed by atoms with E-state index in [-0.39, 0.29) is 5.60 Å².